The molecule has 2 rings (SSSR count). The zero-order chi connectivity index (χ0) is 10.5. The third-order valence-corrected chi connectivity index (χ3v) is 2.16. The third kappa shape index (κ3) is 2.92. The molecule has 2 aromatic carbocycles. The second-order valence-electron chi connectivity index (χ2n) is 3.07. The van der Waals surface area contributed by atoms with Gasteiger partial charge in [0, 0.05) is 4.90 Å². The molecule has 2 aromatic rings. The monoisotopic (exact) mass is 217 g/mol. The van der Waals surface area contributed by atoms with Crippen LogP contribution < -0.4 is 10.3 Å². The van der Waals surface area contributed by atoms with Crippen molar-refractivity contribution in [3.05, 3.63) is 54.6 Å². The van der Waals surface area contributed by atoms with Gasteiger partial charge in [-0.05, 0) is 30.3 Å². The second kappa shape index (κ2) is 4.75. The first-order chi connectivity index (χ1) is 7.34. The molecule has 0 saturated carbocycles. The van der Waals surface area contributed by atoms with E-state index in [1.807, 2.05) is 54.6 Å². The van der Waals surface area contributed by atoms with Gasteiger partial charge < -0.3 is 4.84 Å². The second-order valence-corrected chi connectivity index (χ2v) is 3.58. The molecule has 0 saturated heterocycles. The Labute approximate surface area is 94.3 Å². The first kappa shape index (κ1) is 9.93. The van der Waals surface area contributed by atoms with E-state index in [1.165, 1.54) is 0 Å². The Bertz CT molecular complexity index is 431. The number of thiol groups is 1. The predicted octanol–water partition coefficient (Wildman–Crippen LogP) is 3.38. The van der Waals surface area contributed by atoms with Crippen LogP contribution in [-0.2, 0) is 0 Å². The van der Waals surface area contributed by atoms with Crippen LogP contribution in [0.15, 0.2) is 59.5 Å². The van der Waals surface area contributed by atoms with E-state index in [-0.39, 0.29) is 0 Å². The predicted molar refractivity (Wildman–Crippen MR) is 64.4 cm³/mol. The van der Waals surface area contributed by atoms with E-state index in [9.17, 15) is 0 Å². The number of para-hydroxylation sites is 1. The molecule has 0 atom stereocenters. The standard InChI is InChI=1S/C12H11NOS/c15-12-8-4-7-11(9-12)14-13-10-5-2-1-3-6-10/h1-9,13,15H. The summed E-state index contributed by atoms with van der Waals surface area (Å²) in [5.41, 5.74) is 3.77. The Hall–Kier alpha value is -1.61. The molecule has 0 aliphatic carbocycles. The van der Waals surface area contributed by atoms with Gasteiger partial charge in [0.2, 0.25) is 0 Å². The zero-order valence-electron chi connectivity index (χ0n) is 8.05. The van der Waals surface area contributed by atoms with Crippen LogP contribution in [0.5, 0.6) is 5.75 Å². The van der Waals surface area contributed by atoms with Crippen molar-refractivity contribution < 1.29 is 4.84 Å². The SMILES string of the molecule is Sc1cccc(ONc2ccccc2)c1. The summed E-state index contributed by atoms with van der Waals surface area (Å²) < 4.78 is 0. The smallest absolute Gasteiger partial charge is 0.156 e. The fourth-order valence-electron chi connectivity index (χ4n) is 1.17. The fourth-order valence-corrected chi connectivity index (χ4v) is 1.38. The molecule has 0 unspecified atom stereocenters. The highest BCUT2D eigenvalue weighted by molar-refractivity contribution is 7.80. The summed E-state index contributed by atoms with van der Waals surface area (Å²) in [5.74, 6) is 0.742. The summed E-state index contributed by atoms with van der Waals surface area (Å²) in [6.07, 6.45) is 0. The molecule has 0 aliphatic heterocycles. The van der Waals surface area contributed by atoms with E-state index in [2.05, 4.69) is 18.1 Å². The molecule has 0 aliphatic rings. The maximum Gasteiger partial charge on any atom is 0.156 e. The van der Waals surface area contributed by atoms with Crippen molar-refractivity contribution in [2.45, 2.75) is 4.90 Å². The summed E-state index contributed by atoms with van der Waals surface area (Å²) in [5, 5.41) is 0. The van der Waals surface area contributed by atoms with E-state index in [1.54, 1.807) is 0 Å². The molecule has 0 spiro atoms. The van der Waals surface area contributed by atoms with E-state index in [0.29, 0.717) is 0 Å². The summed E-state index contributed by atoms with van der Waals surface area (Å²) in [4.78, 5) is 6.25. The van der Waals surface area contributed by atoms with Crippen molar-refractivity contribution >= 4 is 18.3 Å². The van der Waals surface area contributed by atoms with Crippen LogP contribution in [0.4, 0.5) is 5.69 Å². The Morgan fingerprint density at radius 1 is 0.933 bits per heavy atom. The molecule has 15 heavy (non-hydrogen) atoms. The van der Waals surface area contributed by atoms with Gasteiger partial charge in [0.25, 0.3) is 0 Å². The normalized spacial score (nSPS) is 9.67. The minimum atomic E-state index is 0.742. The van der Waals surface area contributed by atoms with Crippen molar-refractivity contribution in [1.82, 2.24) is 0 Å². The van der Waals surface area contributed by atoms with Gasteiger partial charge in [-0.15, -0.1) is 12.6 Å². The summed E-state index contributed by atoms with van der Waals surface area (Å²) in [6, 6.07) is 17.2. The van der Waals surface area contributed by atoms with Crippen LogP contribution >= 0.6 is 12.6 Å². The number of benzene rings is 2. The van der Waals surface area contributed by atoms with Gasteiger partial charge in [0.05, 0.1) is 5.69 Å². The summed E-state index contributed by atoms with van der Waals surface area (Å²) >= 11 is 4.23. The fraction of sp³-hybridized carbons (Fsp3) is 0. The average Bonchev–Trinajstić information content (AvgIpc) is 2.28. The molecular weight excluding hydrogens is 206 g/mol. The lowest BCUT2D eigenvalue weighted by Crippen LogP contribution is -2.03. The molecule has 0 fully saturated rings. The molecule has 3 heteroatoms. The lowest BCUT2D eigenvalue weighted by Gasteiger charge is -2.07. The highest BCUT2D eigenvalue weighted by atomic mass is 32.1. The number of hydrogen-bond acceptors (Lipinski definition) is 3. The van der Waals surface area contributed by atoms with Crippen molar-refractivity contribution in [3.8, 4) is 5.75 Å². The van der Waals surface area contributed by atoms with Crippen LogP contribution in [0.25, 0.3) is 0 Å². The number of rotatable bonds is 3. The van der Waals surface area contributed by atoms with Gasteiger partial charge in [0.1, 0.15) is 0 Å². The minimum Gasteiger partial charge on any atom is -0.382 e. The summed E-state index contributed by atoms with van der Waals surface area (Å²) in [7, 11) is 0. The van der Waals surface area contributed by atoms with Gasteiger partial charge in [-0.2, -0.15) is 0 Å². The van der Waals surface area contributed by atoms with Gasteiger partial charge in [0.15, 0.2) is 5.75 Å². The van der Waals surface area contributed by atoms with Crippen LogP contribution in [0.3, 0.4) is 0 Å². The number of hydrogen-bond donors (Lipinski definition) is 2. The van der Waals surface area contributed by atoms with E-state index in [0.717, 1.165) is 16.3 Å². The first-order valence-corrected chi connectivity index (χ1v) is 5.06. The van der Waals surface area contributed by atoms with Gasteiger partial charge in [-0.3, -0.25) is 0 Å². The Morgan fingerprint density at radius 3 is 2.47 bits per heavy atom. The lowest BCUT2D eigenvalue weighted by atomic mass is 10.3. The molecule has 1 N–H and O–H groups in total. The highest BCUT2D eigenvalue weighted by Gasteiger charge is 1.94. The van der Waals surface area contributed by atoms with Crippen LogP contribution in [0.2, 0.25) is 0 Å². The molecule has 0 bridgehead atoms. The third-order valence-electron chi connectivity index (χ3n) is 1.88. The molecular formula is C12H11NOS. The lowest BCUT2D eigenvalue weighted by molar-refractivity contribution is 0.404. The maximum absolute atomic E-state index is 5.37. The zero-order valence-corrected chi connectivity index (χ0v) is 8.95. The Morgan fingerprint density at radius 2 is 1.73 bits per heavy atom. The maximum atomic E-state index is 5.37. The number of anilines is 1. The molecule has 0 heterocycles. The average molecular weight is 217 g/mol. The molecule has 2 nitrogen and oxygen atoms in total. The largest absolute Gasteiger partial charge is 0.382 e. The molecule has 0 radical (unpaired) electrons. The highest BCUT2D eigenvalue weighted by Crippen LogP contribution is 2.16. The first-order valence-electron chi connectivity index (χ1n) is 4.61. The van der Waals surface area contributed by atoms with Crippen LogP contribution in [0, 0.1) is 0 Å². The number of nitrogens with one attached hydrogen (secondary N) is 1. The van der Waals surface area contributed by atoms with Crippen molar-refractivity contribution in [3.63, 3.8) is 0 Å². The van der Waals surface area contributed by atoms with Crippen molar-refractivity contribution in [2.75, 3.05) is 5.48 Å². The topological polar surface area (TPSA) is 21.3 Å². The molecule has 76 valence electrons. The van der Waals surface area contributed by atoms with Crippen molar-refractivity contribution in [1.29, 1.82) is 0 Å². The molecule has 0 amide bonds. The van der Waals surface area contributed by atoms with Crippen molar-refractivity contribution in [2.24, 2.45) is 0 Å². The Kier molecular flexibility index (Phi) is 3.15. The van der Waals surface area contributed by atoms with Crippen LogP contribution in [-0.4, -0.2) is 0 Å². The Balaban J connectivity index is 1.99. The van der Waals surface area contributed by atoms with Gasteiger partial charge >= 0.3 is 0 Å². The quantitative estimate of drug-likeness (QED) is 0.607. The minimum absolute atomic E-state index is 0.742. The van der Waals surface area contributed by atoms with E-state index < -0.39 is 0 Å². The van der Waals surface area contributed by atoms with Gasteiger partial charge in [-0.1, -0.05) is 24.3 Å². The summed E-state index contributed by atoms with van der Waals surface area (Å²) in [6.45, 7) is 0. The van der Waals surface area contributed by atoms with Crippen LogP contribution in [0.1, 0.15) is 0 Å². The van der Waals surface area contributed by atoms with E-state index in [4.69, 9.17) is 4.84 Å². The van der Waals surface area contributed by atoms with Gasteiger partial charge in [-0.25, -0.2) is 5.48 Å². The van der Waals surface area contributed by atoms with E-state index >= 15 is 0 Å². The molecule has 0 aromatic heterocycles.